The lowest BCUT2D eigenvalue weighted by molar-refractivity contribution is 0.603. The molecule has 2 aromatic rings. The van der Waals surface area contributed by atoms with Crippen LogP contribution in [0, 0.1) is 5.82 Å². The molecule has 1 aliphatic heterocycles. The molecule has 1 N–H and O–H groups in total. The number of nitrogens with one attached hydrogen (secondary N) is 1. The van der Waals surface area contributed by atoms with E-state index < -0.39 is 0 Å². The minimum Gasteiger partial charge on any atom is -0.365 e. The number of fused-ring (bicyclic) bond motifs is 1. The maximum atomic E-state index is 14.0. The van der Waals surface area contributed by atoms with Crippen LogP contribution in [0.1, 0.15) is 32.0 Å². The van der Waals surface area contributed by atoms with Gasteiger partial charge >= 0.3 is 0 Å². The second-order valence-electron chi connectivity index (χ2n) is 6.65. The molecule has 116 valence electrons. The number of hydrogen-bond acceptors (Lipinski definition) is 4. The third-order valence-corrected chi connectivity index (χ3v) is 3.69. The van der Waals surface area contributed by atoms with Gasteiger partial charge < -0.3 is 10.2 Å². The zero-order valence-electron chi connectivity index (χ0n) is 13.2. The zero-order chi connectivity index (χ0) is 15.7. The van der Waals surface area contributed by atoms with Crippen LogP contribution in [0.2, 0.25) is 0 Å². The molecule has 2 heterocycles. The first-order chi connectivity index (χ1) is 10.4. The van der Waals surface area contributed by atoms with E-state index in [1.54, 1.807) is 12.4 Å². The first-order valence-electron chi connectivity index (χ1n) is 7.54. The van der Waals surface area contributed by atoms with Gasteiger partial charge in [-0.15, -0.1) is 0 Å². The highest BCUT2D eigenvalue weighted by molar-refractivity contribution is 5.54. The summed E-state index contributed by atoms with van der Waals surface area (Å²) in [6.45, 7) is 7.69. The smallest absolute Gasteiger partial charge is 0.146 e. The van der Waals surface area contributed by atoms with Crippen molar-refractivity contribution in [3.05, 3.63) is 47.7 Å². The van der Waals surface area contributed by atoms with E-state index in [1.165, 1.54) is 6.07 Å². The monoisotopic (exact) mass is 300 g/mol. The summed E-state index contributed by atoms with van der Waals surface area (Å²) in [4.78, 5) is 10.8. The molecule has 1 aromatic carbocycles. The fourth-order valence-corrected chi connectivity index (χ4v) is 2.73. The Hall–Kier alpha value is -2.17. The van der Waals surface area contributed by atoms with E-state index in [9.17, 15) is 4.39 Å². The van der Waals surface area contributed by atoms with E-state index in [0.29, 0.717) is 12.2 Å². The van der Waals surface area contributed by atoms with Gasteiger partial charge in [-0.2, -0.15) is 0 Å². The molecule has 3 rings (SSSR count). The number of nitrogens with zero attached hydrogens (tertiary/aromatic N) is 3. The predicted molar refractivity (Wildman–Crippen MR) is 86.6 cm³/mol. The van der Waals surface area contributed by atoms with Crippen molar-refractivity contribution < 1.29 is 4.39 Å². The van der Waals surface area contributed by atoms with Gasteiger partial charge in [0.1, 0.15) is 18.0 Å². The third-order valence-electron chi connectivity index (χ3n) is 3.69. The quantitative estimate of drug-likeness (QED) is 0.923. The van der Waals surface area contributed by atoms with E-state index in [0.717, 1.165) is 30.0 Å². The van der Waals surface area contributed by atoms with Crippen molar-refractivity contribution in [2.24, 2.45) is 0 Å². The zero-order valence-corrected chi connectivity index (χ0v) is 13.2. The topological polar surface area (TPSA) is 41.1 Å². The first kappa shape index (κ1) is 14.8. The van der Waals surface area contributed by atoms with Crippen molar-refractivity contribution in [1.82, 2.24) is 9.97 Å². The standard InChI is InChI=1S/C17H21FN4/c1-17(2,3)21-16-12-8-9-22(10-14(12)19-11-20-16)15-7-5-4-6-13(15)18/h4-7,11H,8-10H2,1-3H3,(H,19,20,21). The first-order valence-corrected chi connectivity index (χ1v) is 7.54. The second kappa shape index (κ2) is 5.55. The van der Waals surface area contributed by atoms with E-state index in [1.807, 2.05) is 17.0 Å². The van der Waals surface area contributed by atoms with E-state index in [2.05, 4.69) is 36.1 Å². The Balaban J connectivity index is 1.88. The number of benzene rings is 1. The van der Waals surface area contributed by atoms with Crippen LogP contribution in [-0.4, -0.2) is 22.1 Å². The molecule has 0 fully saturated rings. The molecule has 1 aromatic heterocycles. The molecule has 0 atom stereocenters. The van der Waals surface area contributed by atoms with Crippen molar-refractivity contribution in [3.8, 4) is 0 Å². The van der Waals surface area contributed by atoms with Gasteiger partial charge in [0.2, 0.25) is 0 Å². The van der Waals surface area contributed by atoms with Crippen LogP contribution in [0.5, 0.6) is 0 Å². The van der Waals surface area contributed by atoms with Crippen molar-refractivity contribution in [2.45, 2.75) is 39.3 Å². The van der Waals surface area contributed by atoms with Gasteiger partial charge in [0.05, 0.1) is 17.9 Å². The Kier molecular flexibility index (Phi) is 3.72. The van der Waals surface area contributed by atoms with Crippen molar-refractivity contribution in [1.29, 1.82) is 0 Å². The van der Waals surface area contributed by atoms with Crippen LogP contribution in [0.3, 0.4) is 0 Å². The molecule has 0 radical (unpaired) electrons. The number of hydrogen-bond donors (Lipinski definition) is 1. The summed E-state index contributed by atoms with van der Waals surface area (Å²) in [5.41, 5.74) is 2.70. The van der Waals surface area contributed by atoms with Gasteiger partial charge in [0, 0.05) is 17.6 Å². The molecule has 0 bridgehead atoms. The highest BCUT2D eigenvalue weighted by Crippen LogP contribution is 2.29. The van der Waals surface area contributed by atoms with Crippen LogP contribution in [0.15, 0.2) is 30.6 Å². The molecule has 0 unspecified atom stereocenters. The molecular formula is C17H21FN4. The van der Waals surface area contributed by atoms with E-state index >= 15 is 0 Å². The van der Waals surface area contributed by atoms with Crippen LogP contribution >= 0.6 is 0 Å². The van der Waals surface area contributed by atoms with Crippen LogP contribution in [0.25, 0.3) is 0 Å². The van der Waals surface area contributed by atoms with Gasteiger partial charge in [0.25, 0.3) is 0 Å². The minimum absolute atomic E-state index is 0.0508. The molecule has 0 aliphatic carbocycles. The van der Waals surface area contributed by atoms with Crippen LogP contribution < -0.4 is 10.2 Å². The lowest BCUT2D eigenvalue weighted by atomic mass is 10.0. The fourth-order valence-electron chi connectivity index (χ4n) is 2.73. The molecule has 4 nitrogen and oxygen atoms in total. The third kappa shape index (κ3) is 3.03. The van der Waals surface area contributed by atoms with Crippen molar-refractivity contribution >= 4 is 11.5 Å². The van der Waals surface area contributed by atoms with Gasteiger partial charge in [-0.25, -0.2) is 14.4 Å². The Morgan fingerprint density at radius 3 is 2.68 bits per heavy atom. The normalized spacial score (nSPS) is 14.6. The average Bonchev–Trinajstić information content (AvgIpc) is 2.46. The Morgan fingerprint density at radius 1 is 1.18 bits per heavy atom. The molecule has 0 spiro atoms. The summed E-state index contributed by atoms with van der Waals surface area (Å²) in [6, 6.07) is 6.89. The summed E-state index contributed by atoms with van der Waals surface area (Å²) >= 11 is 0. The van der Waals surface area contributed by atoms with Gasteiger partial charge in [-0.05, 0) is 39.3 Å². The van der Waals surface area contributed by atoms with Gasteiger partial charge in [-0.1, -0.05) is 12.1 Å². The summed E-state index contributed by atoms with van der Waals surface area (Å²) in [5, 5.41) is 3.43. The highest BCUT2D eigenvalue weighted by atomic mass is 19.1. The molecule has 1 aliphatic rings. The van der Waals surface area contributed by atoms with Gasteiger partial charge in [-0.3, -0.25) is 0 Å². The fraction of sp³-hybridized carbons (Fsp3) is 0.412. The average molecular weight is 300 g/mol. The molecule has 5 heteroatoms. The Labute approximate surface area is 130 Å². The maximum absolute atomic E-state index is 14.0. The summed E-state index contributed by atoms with van der Waals surface area (Å²) in [7, 11) is 0. The van der Waals surface area contributed by atoms with Crippen molar-refractivity contribution in [2.75, 3.05) is 16.8 Å². The highest BCUT2D eigenvalue weighted by Gasteiger charge is 2.24. The number of rotatable bonds is 2. The maximum Gasteiger partial charge on any atom is 0.146 e. The lowest BCUT2D eigenvalue weighted by Crippen LogP contribution is -2.34. The predicted octanol–water partition coefficient (Wildman–Crippen LogP) is 3.39. The molecule has 0 amide bonds. The number of halogens is 1. The molecule has 22 heavy (non-hydrogen) atoms. The Morgan fingerprint density at radius 2 is 1.95 bits per heavy atom. The van der Waals surface area contributed by atoms with Crippen LogP contribution in [0.4, 0.5) is 15.9 Å². The summed E-state index contributed by atoms with van der Waals surface area (Å²) in [5.74, 6) is 0.707. The second-order valence-corrected chi connectivity index (χ2v) is 6.65. The molecular weight excluding hydrogens is 279 g/mol. The molecule has 0 saturated carbocycles. The summed E-state index contributed by atoms with van der Waals surface area (Å²) < 4.78 is 14.0. The number of para-hydroxylation sites is 1. The Bertz CT molecular complexity index is 679. The lowest BCUT2D eigenvalue weighted by Gasteiger charge is -2.32. The number of anilines is 2. The number of aromatic nitrogens is 2. The minimum atomic E-state index is -0.187. The SMILES string of the molecule is CC(C)(C)Nc1ncnc2c1CCN(c1ccccc1F)C2. The molecule has 0 saturated heterocycles. The largest absolute Gasteiger partial charge is 0.365 e. The van der Waals surface area contributed by atoms with Crippen LogP contribution in [-0.2, 0) is 13.0 Å². The van der Waals surface area contributed by atoms with Crippen molar-refractivity contribution in [3.63, 3.8) is 0 Å². The van der Waals surface area contributed by atoms with Gasteiger partial charge in [0.15, 0.2) is 0 Å². The summed E-state index contributed by atoms with van der Waals surface area (Å²) in [6.07, 6.45) is 2.39. The van der Waals surface area contributed by atoms with E-state index in [4.69, 9.17) is 0 Å². The van der Waals surface area contributed by atoms with E-state index in [-0.39, 0.29) is 11.4 Å².